The fourth-order valence-electron chi connectivity index (χ4n) is 1.67. The van der Waals surface area contributed by atoms with Crippen LogP contribution in [0, 0.1) is 0 Å². The van der Waals surface area contributed by atoms with Crippen LogP contribution < -0.4 is 11.1 Å². The lowest BCUT2D eigenvalue weighted by Gasteiger charge is -2.06. The summed E-state index contributed by atoms with van der Waals surface area (Å²) in [5.74, 6) is -0.0358. The van der Waals surface area contributed by atoms with E-state index in [0.29, 0.717) is 5.69 Å². The summed E-state index contributed by atoms with van der Waals surface area (Å²) >= 11 is 0. The number of phenols is 1. The van der Waals surface area contributed by atoms with Crippen molar-refractivity contribution in [3.05, 3.63) is 42.5 Å². The van der Waals surface area contributed by atoms with Crippen molar-refractivity contribution in [2.45, 2.75) is 6.92 Å². The molecule has 2 aromatic rings. The van der Waals surface area contributed by atoms with Gasteiger partial charge in [-0.15, -0.1) is 0 Å². The van der Waals surface area contributed by atoms with E-state index >= 15 is 0 Å². The first kappa shape index (κ1) is 12.0. The first-order valence-corrected chi connectivity index (χ1v) is 5.53. The maximum atomic E-state index is 10.9. The number of carbonyl (C=O) groups is 1. The Kier molecular flexibility index (Phi) is 3.19. The molecule has 18 heavy (non-hydrogen) atoms. The lowest BCUT2D eigenvalue weighted by molar-refractivity contribution is -0.114. The zero-order valence-corrected chi connectivity index (χ0v) is 9.97. The number of amides is 1. The molecule has 0 aliphatic carbocycles. The minimum absolute atomic E-state index is 0.0680. The fraction of sp³-hybridized carbons (Fsp3) is 0.0714. The summed E-state index contributed by atoms with van der Waals surface area (Å²) in [5, 5.41) is 12.2. The van der Waals surface area contributed by atoms with E-state index in [9.17, 15) is 9.90 Å². The van der Waals surface area contributed by atoms with Gasteiger partial charge in [0.15, 0.2) is 0 Å². The molecule has 0 unspecified atom stereocenters. The third-order valence-electron chi connectivity index (χ3n) is 2.57. The molecule has 0 fully saturated rings. The minimum atomic E-state index is -0.104. The number of nitrogens with two attached hydrogens (primary N) is 1. The number of nitrogens with one attached hydrogen (secondary N) is 1. The molecule has 1 amide bonds. The normalized spacial score (nSPS) is 10.1. The van der Waals surface area contributed by atoms with Crippen molar-refractivity contribution in [1.82, 2.24) is 0 Å². The molecule has 0 atom stereocenters. The number of anilines is 2. The van der Waals surface area contributed by atoms with Gasteiger partial charge in [-0.2, -0.15) is 0 Å². The van der Waals surface area contributed by atoms with Crippen molar-refractivity contribution < 1.29 is 9.90 Å². The molecular formula is C14H14N2O2. The Morgan fingerprint density at radius 1 is 1.11 bits per heavy atom. The van der Waals surface area contributed by atoms with Gasteiger partial charge in [-0.05, 0) is 35.4 Å². The molecule has 4 N–H and O–H groups in total. The highest BCUT2D eigenvalue weighted by molar-refractivity contribution is 5.89. The van der Waals surface area contributed by atoms with E-state index in [0.717, 1.165) is 16.8 Å². The third kappa shape index (κ3) is 2.60. The summed E-state index contributed by atoms with van der Waals surface area (Å²) in [4.78, 5) is 10.9. The maximum absolute atomic E-state index is 10.9. The van der Waals surface area contributed by atoms with Gasteiger partial charge >= 0.3 is 0 Å². The quantitative estimate of drug-likeness (QED) is 0.559. The third-order valence-corrected chi connectivity index (χ3v) is 2.57. The molecular weight excluding hydrogens is 228 g/mol. The Balaban J connectivity index is 2.28. The smallest absolute Gasteiger partial charge is 0.221 e. The van der Waals surface area contributed by atoms with E-state index < -0.39 is 0 Å². The van der Waals surface area contributed by atoms with Crippen LogP contribution >= 0.6 is 0 Å². The van der Waals surface area contributed by atoms with Crippen LogP contribution in [0.1, 0.15) is 6.92 Å². The predicted molar refractivity (Wildman–Crippen MR) is 72.3 cm³/mol. The van der Waals surface area contributed by atoms with Crippen LogP contribution in [0.4, 0.5) is 11.4 Å². The topological polar surface area (TPSA) is 75.4 Å². The van der Waals surface area contributed by atoms with Gasteiger partial charge in [0.1, 0.15) is 5.75 Å². The van der Waals surface area contributed by atoms with E-state index in [4.69, 9.17) is 5.73 Å². The Bertz CT molecular complexity index is 577. The molecule has 0 radical (unpaired) electrons. The highest BCUT2D eigenvalue weighted by Gasteiger charge is 2.02. The number of hydrogen-bond acceptors (Lipinski definition) is 3. The van der Waals surface area contributed by atoms with Crippen LogP contribution in [-0.2, 0) is 4.79 Å². The van der Waals surface area contributed by atoms with Crippen LogP contribution in [0.2, 0.25) is 0 Å². The molecule has 92 valence electrons. The van der Waals surface area contributed by atoms with Gasteiger partial charge in [0.25, 0.3) is 0 Å². The SMILES string of the molecule is CC(=O)Nc1ccc(-c2ccc(N)c(O)c2)cc1. The van der Waals surface area contributed by atoms with Crippen LogP contribution in [0.25, 0.3) is 11.1 Å². The van der Waals surface area contributed by atoms with Crippen LogP contribution in [0.15, 0.2) is 42.5 Å². The Hall–Kier alpha value is -2.49. The Labute approximate surface area is 105 Å². The van der Waals surface area contributed by atoms with Gasteiger partial charge < -0.3 is 16.2 Å². The molecule has 0 heterocycles. The number of aromatic hydroxyl groups is 1. The first-order valence-electron chi connectivity index (χ1n) is 5.53. The number of carbonyl (C=O) groups excluding carboxylic acids is 1. The summed E-state index contributed by atoms with van der Waals surface area (Å²) in [6.07, 6.45) is 0. The van der Waals surface area contributed by atoms with Crippen molar-refractivity contribution >= 4 is 17.3 Å². The zero-order valence-electron chi connectivity index (χ0n) is 9.97. The van der Waals surface area contributed by atoms with Gasteiger partial charge in [-0.25, -0.2) is 0 Å². The number of rotatable bonds is 2. The number of nitrogen functional groups attached to an aromatic ring is 1. The molecule has 4 nitrogen and oxygen atoms in total. The minimum Gasteiger partial charge on any atom is -0.506 e. The second-order valence-corrected chi connectivity index (χ2v) is 4.03. The van der Waals surface area contributed by atoms with Crippen LogP contribution in [0.3, 0.4) is 0 Å². The van der Waals surface area contributed by atoms with E-state index in [2.05, 4.69) is 5.32 Å². The summed E-state index contributed by atoms with van der Waals surface area (Å²) < 4.78 is 0. The van der Waals surface area contributed by atoms with Crippen molar-refractivity contribution in [2.24, 2.45) is 0 Å². The van der Waals surface area contributed by atoms with Crippen molar-refractivity contribution in [2.75, 3.05) is 11.1 Å². The lowest BCUT2D eigenvalue weighted by atomic mass is 10.0. The highest BCUT2D eigenvalue weighted by Crippen LogP contribution is 2.28. The first-order chi connectivity index (χ1) is 8.56. The molecule has 0 saturated heterocycles. The average molecular weight is 242 g/mol. The average Bonchev–Trinajstić information content (AvgIpc) is 2.33. The summed E-state index contributed by atoms with van der Waals surface area (Å²) in [6.45, 7) is 1.46. The molecule has 0 aliphatic heterocycles. The van der Waals surface area contributed by atoms with Gasteiger partial charge in [-0.3, -0.25) is 4.79 Å². The number of phenolic OH excluding ortho intramolecular Hbond substituents is 1. The second kappa shape index (κ2) is 4.79. The largest absolute Gasteiger partial charge is 0.506 e. The molecule has 0 aliphatic rings. The molecule has 0 saturated carbocycles. The van der Waals surface area contributed by atoms with Gasteiger partial charge in [0.2, 0.25) is 5.91 Å². The molecule has 0 aromatic heterocycles. The van der Waals surface area contributed by atoms with Crippen LogP contribution in [0.5, 0.6) is 5.75 Å². The van der Waals surface area contributed by atoms with Gasteiger partial charge in [0.05, 0.1) is 5.69 Å². The Morgan fingerprint density at radius 2 is 1.72 bits per heavy atom. The van der Waals surface area contributed by atoms with Crippen LogP contribution in [-0.4, -0.2) is 11.0 Å². The number of benzene rings is 2. The van der Waals surface area contributed by atoms with Crippen molar-refractivity contribution in [3.8, 4) is 16.9 Å². The number of hydrogen-bond donors (Lipinski definition) is 3. The van der Waals surface area contributed by atoms with Gasteiger partial charge in [0, 0.05) is 12.6 Å². The van der Waals surface area contributed by atoms with Crippen molar-refractivity contribution in [1.29, 1.82) is 0 Å². The lowest BCUT2D eigenvalue weighted by Crippen LogP contribution is -2.05. The predicted octanol–water partition coefficient (Wildman–Crippen LogP) is 2.60. The Morgan fingerprint density at radius 3 is 2.28 bits per heavy atom. The molecule has 0 bridgehead atoms. The van der Waals surface area contributed by atoms with Crippen molar-refractivity contribution in [3.63, 3.8) is 0 Å². The molecule has 4 heteroatoms. The van der Waals surface area contributed by atoms with E-state index in [1.165, 1.54) is 6.92 Å². The summed E-state index contributed by atoms with van der Waals surface area (Å²) in [5.41, 5.74) is 8.46. The molecule has 2 rings (SSSR count). The zero-order chi connectivity index (χ0) is 13.1. The highest BCUT2D eigenvalue weighted by atomic mass is 16.3. The van der Waals surface area contributed by atoms with E-state index in [1.807, 2.05) is 30.3 Å². The monoisotopic (exact) mass is 242 g/mol. The second-order valence-electron chi connectivity index (χ2n) is 4.03. The maximum Gasteiger partial charge on any atom is 0.221 e. The summed E-state index contributed by atoms with van der Waals surface area (Å²) in [7, 11) is 0. The summed E-state index contributed by atoms with van der Waals surface area (Å²) in [6, 6.07) is 12.5. The van der Waals surface area contributed by atoms with Gasteiger partial charge in [-0.1, -0.05) is 18.2 Å². The van der Waals surface area contributed by atoms with E-state index in [1.54, 1.807) is 12.1 Å². The molecule has 0 spiro atoms. The fourth-order valence-corrected chi connectivity index (χ4v) is 1.67. The standard InChI is InChI=1S/C14H14N2O2/c1-9(17)16-12-5-2-10(3-6-12)11-4-7-13(15)14(18)8-11/h2-8,18H,15H2,1H3,(H,16,17). The molecule has 2 aromatic carbocycles. The van der Waals surface area contributed by atoms with E-state index in [-0.39, 0.29) is 11.7 Å².